The molecule has 1 fully saturated rings. The van der Waals surface area contributed by atoms with Gasteiger partial charge in [-0.1, -0.05) is 50.6 Å². The third kappa shape index (κ3) is 2.05. The van der Waals surface area contributed by atoms with Crippen molar-refractivity contribution >= 4 is 5.97 Å². The van der Waals surface area contributed by atoms with E-state index in [2.05, 4.69) is 52.0 Å². The number of aliphatic carboxylic acids is 1. The number of rotatable bonds is 2. The predicted molar refractivity (Wildman–Crippen MR) is 72.6 cm³/mol. The SMILES string of the molecule is Cc1ccc(C2CC(C(=O)O)C(C)(C)C2C)cc1. The lowest BCUT2D eigenvalue weighted by Crippen LogP contribution is -2.29. The first-order valence-electron chi connectivity index (χ1n) is 6.63. The molecule has 1 saturated carbocycles. The van der Waals surface area contributed by atoms with Gasteiger partial charge < -0.3 is 5.11 Å². The van der Waals surface area contributed by atoms with Gasteiger partial charge in [-0.2, -0.15) is 0 Å². The second-order valence-corrected chi connectivity index (χ2v) is 6.25. The van der Waals surface area contributed by atoms with E-state index in [0.29, 0.717) is 11.8 Å². The molecule has 1 N–H and O–H groups in total. The van der Waals surface area contributed by atoms with Gasteiger partial charge in [-0.3, -0.25) is 4.79 Å². The fourth-order valence-corrected chi connectivity index (χ4v) is 3.26. The van der Waals surface area contributed by atoms with Crippen LogP contribution in [0.2, 0.25) is 0 Å². The van der Waals surface area contributed by atoms with Crippen LogP contribution in [0.25, 0.3) is 0 Å². The third-order valence-corrected chi connectivity index (χ3v) is 4.97. The average molecular weight is 246 g/mol. The summed E-state index contributed by atoms with van der Waals surface area (Å²) in [4.78, 5) is 11.4. The highest BCUT2D eigenvalue weighted by Crippen LogP contribution is 2.54. The van der Waals surface area contributed by atoms with E-state index in [1.54, 1.807) is 0 Å². The van der Waals surface area contributed by atoms with Crippen molar-refractivity contribution < 1.29 is 9.90 Å². The monoisotopic (exact) mass is 246 g/mol. The summed E-state index contributed by atoms with van der Waals surface area (Å²) in [6.07, 6.45) is 0.757. The Morgan fingerprint density at radius 3 is 2.28 bits per heavy atom. The molecule has 3 atom stereocenters. The lowest BCUT2D eigenvalue weighted by molar-refractivity contribution is -0.145. The summed E-state index contributed by atoms with van der Waals surface area (Å²) in [5.74, 6) is -0.136. The van der Waals surface area contributed by atoms with Crippen LogP contribution in [0.4, 0.5) is 0 Å². The zero-order valence-corrected chi connectivity index (χ0v) is 11.6. The molecule has 18 heavy (non-hydrogen) atoms. The van der Waals surface area contributed by atoms with Crippen molar-refractivity contribution in [2.75, 3.05) is 0 Å². The Hall–Kier alpha value is -1.31. The Balaban J connectivity index is 2.31. The Labute approximate surface area is 109 Å². The second-order valence-electron chi connectivity index (χ2n) is 6.25. The first-order chi connectivity index (χ1) is 8.34. The van der Waals surface area contributed by atoms with Gasteiger partial charge in [0, 0.05) is 0 Å². The normalized spacial score (nSPS) is 30.3. The molecule has 3 unspecified atom stereocenters. The highest BCUT2D eigenvalue weighted by molar-refractivity contribution is 5.72. The summed E-state index contributed by atoms with van der Waals surface area (Å²) >= 11 is 0. The van der Waals surface area contributed by atoms with Gasteiger partial charge in [0.25, 0.3) is 0 Å². The summed E-state index contributed by atoms with van der Waals surface area (Å²) in [6.45, 7) is 8.44. The number of aryl methyl sites for hydroxylation is 1. The van der Waals surface area contributed by atoms with E-state index >= 15 is 0 Å². The van der Waals surface area contributed by atoms with E-state index < -0.39 is 5.97 Å². The van der Waals surface area contributed by atoms with Gasteiger partial charge in [-0.25, -0.2) is 0 Å². The smallest absolute Gasteiger partial charge is 0.307 e. The maximum Gasteiger partial charge on any atom is 0.307 e. The first-order valence-corrected chi connectivity index (χ1v) is 6.63. The topological polar surface area (TPSA) is 37.3 Å². The highest BCUT2D eigenvalue weighted by atomic mass is 16.4. The van der Waals surface area contributed by atoms with E-state index in [1.807, 2.05) is 0 Å². The number of carboxylic acid groups (broad SMARTS) is 1. The average Bonchev–Trinajstić information content (AvgIpc) is 2.53. The predicted octanol–water partition coefficient (Wildman–Crippen LogP) is 3.85. The summed E-state index contributed by atoms with van der Waals surface area (Å²) in [7, 11) is 0. The minimum Gasteiger partial charge on any atom is -0.481 e. The molecule has 0 aliphatic heterocycles. The summed E-state index contributed by atoms with van der Waals surface area (Å²) in [6, 6.07) is 8.53. The van der Waals surface area contributed by atoms with E-state index in [9.17, 15) is 9.90 Å². The van der Waals surface area contributed by atoms with Crippen LogP contribution in [0.15, 0.2) is 24.3 Å². The van der Waals surface area contributed by atoms with Crippen molar-refractivity contribution in [3.8, 4) is 0 Å². The Morgan fingerprint density at radius 2 is 1.83 bits per heavy atom. The summed E-state index contributed by atoms with van der Waals surface area (Å²) in [5.41, 5.74) is 2.39. The molecule has 2 nitrogen and oxygen atoms in total. The lowest BCUT2D eigenvalue weighted by Gasteiger charge is -2.30. The van der Waals surface area contributed by atoms with Crippen LogP contribution in [0.1, 0.15) is 44.2 Å². The van der Waals surface area contributed by atoms with Gasteiger partial charge in [-0.15, -0.1) is 0 Å². The van der Waals surface area contributed by atoms with E-state index in [-0.39, 0.29) is 11.3 Å². The van der Waals surface area contributed by atoms with Crippen molar-refractivity contribution in [1.82, 2.24) is 0 Å². The number of carboxylic acids is 1. The highest BCUT2D eigenvalue weighted by Gasteiger charge is 2.50. The zero-order chi connectivity index (χ0) is 13.5. The van der Waals surface area contributed by atoms with Gasteiger partial charge >= 0.3 is 5.97 Å². The minimum atomic E-state index is -0.651. The van der Waals surface area contributed by atoms with Crippen LogP contribution in [0, 0.1) is 24.2 Å². The molecule has 0 aromatic heterocycles. The quantitative estimate of drug-likeness (QED) is 0.860. The first kappa shape index (κ1) is 13.1. The Bertz CT molecular complexity index is 445. The van der Waals surface area contributed by atoms with Gasteiger partial charge in [0.05, 0.1) is 5.92 Å². The van der Waals surface area contributed by atoms with Crippen LogP contribution in [0.5, 0.6) is 0 Å². The van der Waals surface area contributed by atoms with Gasteiger partial charge in [0.15, 0.2) is 0 Å². The molecule has 1 aliphatic rings. The fourth-order valence-electron chi connectivity index (χ4n) is 3.26. The molecule has 2 heteroatoms. The van der Waals surface area contributed by atoms with Crippen molar-refractivity contribution in [2.45, 2.75) is 40.0 Å². The van der Waals surface area contributed by atoms with Crippen molar-refractivity contribution in [3.63, 3.8) is 0 Å². The van der Waals surface area contributed by atoms with Crippen LogP contribution in [-0.4, -0.2) is 11.1 Å². The molecule has 1 aromatic rings. The van der Waals surface area contributed by atoms with E-state index in [4.69, 9.17) is 0 Å². The second kappa shape index (κ2) is 4.42. The van der Waals surface area contributed by atoms with Gasteiger partial charge in [0.2, 0.25) is 0 Å². The molecular weight excluding hydrogens is 224 g/mol. The van der Waals surface area contributed by atoms with Crippen LogP contribution in [0.3, 0.4) is 0 Å². The minimum absolute atomic E-state index is 0.138. The van der Waals surface area contributed by atoms with Gasteiger partial charge in [-0.05, 0) is 36.2 Å². The van der Waals surface area contributed by atoms with Gasteiger partial charge in [0.1, 0.15) is 0 Å². The zero-order valence-electron chi connectivity index (χ0n) is 11.6. The Kier molecular flexibility index (Phi) is 3.22. The number of hydrogen-bond acceptors (Lipinski definition) is 1. The van der Waals surface area contributed by atoms with Crippen LogP contribution in [-0.2, 0) is 4.79 Å². The third-order valence-electron chi connectivity index (χ3n) is 4.97. The molecule has 98 valence electrons. The largest absolute Gasteiger partial charge is 0.481 e. The standard InChI is InChI=1S/C16H22O2/c1-10-5-7-12(8-6-10)13-9-14(15(17)18)16(3,4)11(13)2/h5-8,11,13-14H,9H2,1-4H3,(H,17,18). The maximum absolute atomic E-state index is 11.4. The molecule has 0 radical (unpaired) electrons. The van der Waals surface area contributed by atoms with Crippen molar-refractivity contribution in [3.05, 3.63) is 35.4 Å². The molecule has 2 rings (SSSR count). The number of hydrogen-bond donors (Lipinski definition) is 1. The van der Waals surface area contributed by atoms with E-state index in [0.717, 1.165) is 6.42 Å². The summed E-state index contributed by atoms with van der Waals surface area (Å²) in [5, 5.41) is 9.38. The number of benzene rings is 1. The Morgan fingerprint density at radius 1 is 1.28 bits per heavy atom. The number of carbonyl (C=O) groups is 1. The van der Waals surface area contributed by atoms with Crippen LogP contribution >= 0.6 is 0 Å². The summed E-state index contributed by atoms with van der Waals surface area (Å²) < 4.78 is 0. The molecule has 0 saturated heterocycles. The molecule has 1 aromatic carbocycles. The molecule has 0 bridgehead atoms. The van der Waals surface area contributed by atoms with Crippen molar-refractivity contribution in [2.24, 2.45) is 17.3 Å². The molecule has 0 spiro atoms. The van der Waals surface area contributed by atoms with Crippen LogP contribution < -0.4 is 0 Å². The molecule has 1 aliphatic carbocycles. The van der Waals surface area contributed by atoms with Crippen molar-refractivity contribution in [1.29, 1.82) is 0 Å². The molecule has 0 amide bonds. The van der Waals surface area contributed by atoms with E-state index in [1.165, 1.54) is 11.1 Å². The molecule has 0 heterocycles. The maximum atomic E-state index is 11.4. The lowest BCUT2D eigenvalue weighted by atomic mass is 9.74. The molecular formula is C16H22O2. The fraction of sp³-hybridized carbons (Fsp3) is 0.562.